The van der Waals surface area contributed by atoms with Crippen LogP contribution in [-0.2, 0) is 15.4 Å². The summed E-state index contributed by atoms with van der Waals surface area (Å²) in [6.45, 7) is 0.556. The number of nitrogens with zero attached hydrogens (tertiary/aromatic N) is 1. The van der Waals surface area contributed by atoms with Gasteiger partial charge in [-0.15, -0.1) is 0 Å². The summed E-state index contributed by atoms with van der Waals surface area (Å²) in [4.78, 5) is 12.7. The molecule has 1 saturated carbocycles. The Morgan fingerprint density at radius 1 is 1.08 bits per heavy atom. The minimum atomic E-state index is -3.56. The molecule has 0 spiro atoms. The summed E-state index contributed by atoms with van der Waals surface area (Å²) >= 11 is 0. The van der Waals surface area contributed by atoms with Crippen molar-refractivity contribution in [1.82, 2.24) is 9.62 Å². The molecule has 2 aromatic carbocycles. The van der Waals surface area contributed by atoms with Gasteiger partial charge in [-0.25, -0.2) is 12.7 Å². The average molecular weight is 372 g/mol. The Labute approximate surface area is 155 Å². The second-order valence-electron chi connectivity index (χ2n) is 7.00. The normalized spacial score (nSPS) is 16.1. The summed E-state index contributed by atoms with van der Waals surface area (Å²) < 4.78 is 25.7. The topological polar surface area (TPSA) is 66.5 Å². The first-order chi connectivity index (χ1) is 12.3. The lowest BCUT2D eigenvalue weighted by molar-refractivity contribution is 0.0927. The van der Waals surface area contributed by atoms with E-state index in [2.05, 4.69) is 17.4 Å². The Morgan fingerprint density at radius 3 is 2.35 bits per heavy atom. The zero-order valence-electron chi connectivity index (χ0n) is 15.1. The maximum atomic E-state index is 12.6. The van der Waals surface area contributed by atoms with E-state index in [1.165, 1.54) is 31.8 Å². The molecular weight excluding hydrogens is 348 g/mol. The first kappa shape index (κ1) is 18.6. The molecule has 0 radical (unpaired) electrons. The van der Waals surface area contributed by atoms with Crippen molar-refractivity contribution in [3.8, 4) is 0 Å². The molecule has 6 heteroatoms. The minimum Gasteiger partial charge on any atom is -0.351 e. The Morgan fingerprint density at radius 2 is 1.77 bits per heavy atom. The van der Waals surface area contributed by atoms with E-state index < -0.39 is 10.0 Å². The monoisotopic (exact) mass is 372 g/mol. The Balaban J connectivity index is 1.75. The third-order valence-corrected chi connectivity index (χ3v) is 6.97. The van der Waals surface area contributed by atoms with Gasteiger partial charge in [0.25, 0.3) is 5.91 Å². The first-order valence-electron chi connectivity index (χ1n) is 8.71. The summed E-state index contributed by atoms with van der Waals surface area (Å²) in [5.74, 6) is -0.247. The molecule has 1 aliphatic rings. The number of carbonyl (C=O) groups is 1. The molecule has 1 amide bonds. The number of sulfonamides is 1. The van der Waals surface area contributed by atoms with Crippen LogP contribution in [0.2, 0.25) is 0 Å². The number of benzene rings is 2. The second-order valence-corrected chi connectivity index (χ2v) is 9.15. The van der Waals surface area contributed by atoms with Crippen LogP contribution < -0.4 is 5.32 Å². The lowest BCUT2D eigenvalue weighted by Crippen LogP contribution is -2.45. The fourth-order valence-electron chi connectivity index (χ4n) is 3.32. The molecule has 138 valence electrons. The van der Waals surface area contributed by atoms with Crippen LogP contribution in [0, 0.1) is 0 Å². The molecule has 0 aromatic heterocycles. The van der Waals surface area contributed by atoms with E-state index in [4.69, 9.17) is 0 Å². The van der Waals surface area contributed by atoms with Crippen LogP contribution >= 0.6 is 0 Å². The highest BCUT2D eigenvalue weighted by atomic mass is 32.2. The van der Waals surface area contributed by atoms with Gasteiger partial charge in [-0.2, -0.15) is 0 Å². The van der Waals surface area contributed by atoms with Crippen LogP contribution in [0.1, 0.15) is 35.2 Å². The van der Waals surface area contributed by atoms with Crippen molar-refractivity contribution in [2.24, 2.45) is 0 Å². The minimum absolute atomic E-state index is 0.00968. The van der Waals surface area contributed by atoms with Gasteiger partial charge in [0.1, 0.15) is 0 Å². The smallest absolute Gasteiger partial charge is 0.251 e. The Kier molecular flexibility index (Phi) is 5.16. The predicted molar refractivity (Wildman–Crippen MR) is 102 cm³/mol. The van der Waals surface area contributed by atoms with Crippen molar-refractivity contribution in [1.29, 1.82) is 0 Å². The summed E-state index contributed by atoms with van der Waals surface area (Å²) in [5, 5.41) is 3.00. The molecule has 5 nitrogen and oxygen atoms in total. The van der Waals surface area contributed by atoms with E-state index in [9.17, 15) is 13.2 Å². The summed E-state index contributed by atoms with van der Waals surface area (Å²) in [5.41, 5.74) is 1.59. The number of rotatable bonds is 6. The van der Waals surface area contributed by atoms with Gasteiger partial charge in [-0.3, -0.25) is 4.79 Å². The largest absolute Gasteiger partial charge is 0.351 e. The zero-order valence-corrected chi connectivity index (χ0v) is 15.9. The third kappa shape index (κ3) is 3.52. The SMILES string of the molecule is CN(C)S(=O)(=O)c1cccc(C(=O)NCC2(c3ccccc3)CCC2)c1. The second kappa shape index (κ2) is 7.21. The van der Waals surface area contributed by atoms with Crippen molar-refractivity contribution in [2.45, 2.75) is 29.6 Å². The van der Waals surface area contributed by atoms with Gasteiger partial charge in [0.15, 0.2) is 0 Å². The molecule has 0 unspecified atom stereocenters. The van der Waals surface area contributed by atoms with Gasteiger partial charge >= 0.3 is 0 Å². The molecule has 0 heterocycles. The quantitative estimate of drug-likeness (QED) is 0.848. The fourth-order valence-corrected chi connectivity index (χ4v) is 4.27. The molecule has 26 heavy (non-hydrogen) atoms. The van der Waals surface area contributed by atoms with E-state index in [1.807, 2.05) is 18.2 Å². The fraction of sp³-hybridized carbons (Fsp3) is 0.350. The summed E-state index contributed by atoms with van der Waals surface area (Å²) in [6.07, 6.45) is 3.25. The van der Waals surface area contributed by atoms with Crippen LogP contribution in [0.4, 0.5) is 0 Å². The van der Waals surface area contributed by atoms with Crippen LogP contribution in [-0.4, -0.2) is 39.3 Å². The van der Waals surface area contributed by atoms with Gasteiger partial charge < -0.3 is 5.32 Å². The molecular formula is C20H24N2O3S. The number of amides is 1. The van der Waals surface area contributed by atoms with E-state index in [0.717, 1.165) is 23.6 Å². The summed E-state index contributed by atoms with van der Waals surface area (Å²) in [7, 11) is -0.610. The molecule has 0 aliphatic heterocycles. The molecule has 1 N–H and O–H groups in total. The van der Waals surface area contributed by atoms with Crippen LogP contribution in [0.15, 0.2) is 59.5 Å². The zero-order chi connectivity index (χ0) is 18.8. The van der Waals surface area contributed by atoms with Gasteiger partial charge in [0.05, 0.1) is 4.90 Å². The van der Waals surface area contributed by atoms with E-state index >= 15 is 0 Å². The van der Waals surface area contributed by atoms with E-state index in [0.29, 0.717) is 12.1 Å². The predicted octanol–water partition coefficient (Wildman–Crippen LogP) is 2.79. The van der Waals surface area contributed by atoms with Crippen LogP contribution in [0.25, 0.3) is 0 Å². The molecule has 1 fully saturated rings. The Bertz CT molecular complexity index is 888. The lowest BCUT2D eigenvalue weighted by Gasteiger charge is -2.42. The van der Waals surface area contributed by atoms with E-state index in [1.54, 1.807) is 12.1 Å². The van der Waals surface area contributed by atoms with Gasteiger partial charge in [0.2, 0.25) is 10.0 Å². The van der Waals surface area contributed by atoms with Crippen molar-refractivity contribution < 1.29 is 13.2 Å². The highest BCUT2D eigenvalue weighted by Crippen LogP contribution is 2.43. The molecule has 0 saturated heterocycles. The molecule has 0 bridgehead atoms. The average Bonchev–Trinajstić information content (AvgIpc) is 2.61. The Hall–Kier alpha value is -2.18. The standard InChI is InChI=1S/C20H24N2O3S/c1-22(2)26(24,25)18-11-6-8-16(14-18)19(23)21-15-20(12-7-13-20)17-9-4-3-5-10-17/h3-6,8-11,14H,7,12-13,15H2,1-2H3,(H,21,23). The third-order valence-electron chi connectivity index (χ3n) is 5.16. The van der Waals surface area contributed by atoms with Gasteiger partial charge in [0, 0.05) is 31.6 Å². The number of carbonyl (C=O) groups excluding carboxylic acids is 1. The highest BCUT2D eigenvalue weighted by Gasteiger charge is 2.38. The van der Waals surface area contributed by atoms with E-state index in [-0.39, 0.29) is 16.2 Å². The molecule has 2 aromatic rings. The van der Waals surface area contributed by atoms with Crippen molar-refractivity contribution >= 4 is 15.9 Å². The number of nitrogens with one attached hydrogen (secondary N) is 1. The maximum absolute atomic E-state index is 12.6. The molecule has 0 atom stereocenters. The number of hydrogen-bond donors (Lipinski definition) is 1. The maximum Gasteiger partial charge on any atom is 0.251 e. The van der Waals surface area contributed by atoms with Crippen LogP contribution in [0.3, 0.4) is 0 Å². The van der Waals surface area contributed by atoms with Crippen molar-refractivity contribution in [2.75, 3.05) is 20.6 Å². The van der Waals surface area contributed by atoms with Gasteiger partial charge in [-0.1, -0.05) is 42.8 Å². The highest BCUT2D eigenvalue weighted by molar-refractivity contribution is 7.89. The van der Waals surface area contributed by atoms with Crippen molar-refractivity contribution in [3.63, 3.8) is 0 Å². The van der Waals surface area contributed by atoms with Crippen LogP contribution in [0.5, 0.6) is 0 Å². The number of hydrogen-bond acceptors (Lipinski definition) is 3. The molecule has 1 aliphatic carbocycles. The molecule has 3 rings (SSSR count). The lowest BCUT2D eigenvalue weighted by atomic mass is 9.64. The first-order valence-corrected chi connectivity index (χ1v) is 10.2. The van der Waals surface area contributed by atoms with Crippen molar-refractivity contribution in [3.05, 3.63) is 65.7 Å². The van der Waals surface area contributed by atoms with Gasteiger partial charge in [-0.05, 0) is 36.6 Å². The summed E-state index contributed by atoms with van der Waals surface area (Å²) in [6, 6.07) is 16.4.